The first kappa shape index (κ1) is 19.0. The molecule has 28 heavy (non-hydrogen) atoms. The highest BCUT2D eigenvalue weighted by molar-refractivity contribution is 7.89. The summed E-state index contributed by atoms with van der Waals surface area (Å²) < 4.78 is 35.8. The Kier molecular flexibility index (Phi) is 5.13. The SMILES string of the molecule is Cc1ccccc1CC(=O)N1CCN(S(=O)(=O)c2cccc3nsnc23)CC1. The average molecular weight is 417 g/mol. The molecule has 2 heterocycles. The highest BCUT2D eigenvalue weighted by Crippen LogP contribution is 2.25. The zero-order valence-electron chi connectivity index (χ0n) is 15.4. The van der Waals surface area contributed by atoms with Gasteiger partial charge < -0.3 is 4.90 Å². The number of aryl methyl sites for hydroxylation is 1. The fraction of sp³-hybridized carbons (Fsp3) is 0.316. The molecule has 0 aliphatic carbocycles. The van der Waals surface area contributed by atoms with E-state index in [0.29, 0.717) is 30.5 Å². The minimum Gasteiger partial charge on any atom is -0.340 e. The lowest BCUT2D eigenvalue weighted by Gasteiger charge is -2.34. The standard InChI is InChI=1S/C19H20N4O3S2/c1-14-5-2-3-6-15(14)13-18(24)22-9-11-23(12-10-22)28(25,26)17-8-4-7-16-19(17)21-27-20-16/h2-8H,9-13H2,1H3. The maximum Gasteiger partial charge on any atom is 0.245 e. The molecule has 4 rings (SSSR count). The van der Waals surface area contributed by atoms with Crippen molar-refractivity contribution < 1.29 is 13.2 Å². The number of fused-ring (bicyclic) bond motifs is 1. The van der Waals surface area contributed by atoms with Crippen LogP contribution in [0.4, 0.5) is 0 Å². The first-order chi connectivity index (χ1) is 13.5. The van der Waals surface area contributed by atoms with Gasteiger partial charge in [0.2, 0.25) is 15.9 Å². The number of aromatic nitrogens is 2. The summed E-state index contributed by atoms with van der Waals surface area (Å²) in [5.41, 5.74) is 3.08. The van der Waals surface area contributed by atoms with Crippen molar-refractivity contribution >= 4 is 38.7 Å². The molecule has 1 aliphatic heterocycles. The Hall–Kier alpha value is -2.36. The molecule has 0 unspecified atom stereocenters. The minimum atomic E-state index is -3.67. The van der Waals surface area contributed by atoms with Crippen LogP contribution >= 0.6 is 11.7 Å². The quantitative estimate of drug-likeness (QED) is 0.650. The van der Waals surface area contributed by atoms with Gasteiger partial charge in [-0.1, -0.05) is 30.3 Å². The van der Waals surface area contributed by atoms with Crippen LogP contribution in [0.2, 0.25) is 0 Å². The Morgan fingerprint density at radius 2 is 1.79 bits per heavy atom. The van der Waals surface area contributed by atoms with Crippen molar-refractivity contribution in [1.29, 1.82) is 0 Å². The van der Waals surface area contributed by atoms with Gasteiger partial charge in [0.05, 0.1) is 18.1 Å². The normalized spacial score (nSPS) is 15.8. The molecule has 0 spiro atoms. The van der Waals surface area contributed by atoms with Crippen molar-refractivity contribution in [1.82, 2.24) is 18.0 Å². The van der Waals surface area contributed by atoms with Gasteiger partial charge in [0.1, 0.15) is 15.9 Å². The Morgan fingerprint density at radius 3 is 2.54 bits per heavy atom. The number of nitrogens with zero attached hydrogens (tertiary/aromatic N) is 4. The summed E-state index contributed by atoms with van der Waals surface area (Å²) in [6.45, 7) is 3.30. The van der Waals surface area contributed by atoms with E-state index in [1.54, 1.807) is 23.1 Å². The van der Waals surface area contributed by atoms with E-state index in [9.17, 15) is 13.2 Å². The van der Waals surface area contributed by atoms with E-state index in [-0.39, 0.29) is 23.9 Å². The molecule has 0 bridgehead atoms. The first-order valence-corrected chi connectivity index (χ1v) is 11.2. The zero-order valence-corrected chi connectivity index (χ0v) is 17.0. The van der Waals surface area contributed by atoms with Crippen LogP contribution in [0.5, 0.6) is 0 Å². The number of piperazine rings is 1. The van der Waals surface area contributed by atoms with Gasteiger partial charge >= 0.3 is 0 Å². The number of rotatable bonds is 4. The largest absolute Gasteiger partial charge is 0.340 e. The third-order valence-electron chi connectivity index (χ3n) is 5.06. The smallest absolute Gasteiger partial charge is 0.245 e. The molecule has 146 valence electrons. The second-order valence-corrected chi connectivity index (χ2v) is 9.21. The number of carbonyl (C=O) groups excluding carboxylic acids is 1. The average Bonchev–Trinajstić information content (AvgIpc) is 3.18. The van der Waals surface area contributed by atoms with Gasteiger partial charge in [-0.2, -0.15) is 13.1 Å². The Bertz CT molecular complexity index is 1120. The number of hydrogen-bond donors (Lipinski definition) is 0. The topological polar surface area (TPSA) is 83.5 Å². The van der Waals surface area contributed by atoms with Crippen LogP contribution < -0.4 is 0 Å². The van der Waals surface area contributed by atoms with Crippen LogP contribution in [0.1, 0.15) is 11.1 Å². The van der Waals surface area contributed by atoms with Gasteiger partial charge in [-0.15, -0.1) is 0 Å². The lowest BCUT2D eigenvalue weighted by Crippen LogP contribution is -2.50. The Balaban J connectivity index is 1.46. The Morgan fingerprint density at radius 1 is 1.04 bits per heavy atom. The highest BCUT2D eigenvalue weighted by Gasteiger charge is 2.31. The van der Waals surface area contributed by atoms with E-state index in [2.05, 4.69) is 8.75 Å². The molecule has 0 radical (unpaired) electrons. The van der Waals surface area contributed by atoms with Crippen molar-refractivity contribution in [3.8, 4) is 0 Å². The fourth-order valence-electron chi connectivity index (χ4n) is 3.39. The Labute approximate surface area is 168 Å². The molecule has 3 aromatic rings. The van der Waals surface area contributed by atoms with E-state index < -0.39 is 10.0 Å². The molecule has 7 nitrogen and oxygen atoms in total. The van der Waals surface area contributed by atoms with Crippen molar-refractivity contribution in [2.24, 2.45) is 0 Å². The summed E-state index contributed by atoms with van der Waals surface area (Å²) >= 11 is 1.00. The minimum absolute atomic E-state index is 0.0251. The van der Waals surface area contributed by atoms with Crippen molar-refractivity contribution in [3.05, 3.63) is 53.6 Å². The van der Waals surface area contributed by atoms with Crippen LogP contribution in [0, 0.1) is 6.92 Å². The third kappa shape index (κ3) is 3.52. The van der Waals surface area contributed by atoms with E-state index in [1.165, 1.54) is 4.31 Å². The lowest BCUT2D eigenvalue weighted by molar-refractivity contribution is -0.131. The van der Waals surface area contributed by atoms with Gasteiger partial charge in [-0.25, -0.2) is 8.42 Å². The summed E-state index contributed by atoms with van der Waals surface area (Å²) in [5.74, 6) is 0.0251. The molecule has 0 saturated carbocycles. The third-order valence-corrected chi connectivity index (χ3v) is 7.53. The molecule has 1 fully saturated rings. The highest BCUT2D eigenvalue weighted by atomic mass is 32.2. The molecule has 0 N–H and O–H groups in total. The van der Waals surface area contributed by atoms with E-state index in [0.717, 1.165) is 22.9 Å². The van der Waals surface area contributed by atoms with Crippen molar-refractivity contribution in [2.45, 2.75) is 18.2 Å². The van der Waals surface area contributed by atoms with Crippen LogP contribution in [-0.2, 0) is 21.2 Å². The van der Waals surface area contributed by atoms with Gasteiger partial charge in [0, 0.05) is 26.2 Å². The van der Waals surface area contributed by atoms with Gasteiger partial charge in [0.15, 0.2) is 0 Å². The lowest BCUT2D eigenvalue weighted by atomic mass is 10.1. The van der Waals surface area contributed by atoms with E-state index in [4.69, 9.17) is 0 Å². The number of hydrogen-bond acceptors (Lipinski definition) is 6. The van der Waals surface area contributed by atoms with Crippen molar-refractivity contribution in [2.75, 3.05) is 26.2 Å². The number of sulfonamides is 1. The molecule has 2 aromatic carbocycles. The molecular weight excluding hydrogens is 396 g/mol. The van der Waals surface area contributed by atoms with E-state index in [1.807, 2.05) is 31.2 Å². The zero-order chi connectivity index (χ0) is 19.7. The molecule has 0 atom stereocenters. The first-order valence-electron chi connectivity index (χ1n) is 9.00. The van der Waals surface area contributed by atoms with Crippen LogP contribution in [0.25, 0.3) is 11.0 Å². The predicted octanol–water partition coefficient (Wildman–Crippen LogP) is 2.08. The van der Waals surface area contributed by atoms with Crippen LogP contribution in [0.3, 0.4) is 0 Å². The second-order valence-electron chi connectivity index (χ2n) is 6.78. The number of amides is 1. The van der Waals surface area contributed by atoms with Crippen LogP contribution in [-0.4, -0.2) is 58.5 Å². The fourth-order valence-corrected chi connectivity index (χ4v) is 5.56. The molecule has 1 aromatic heterocycles. The summed E-state index contributed by atoms with van der Waals surface area (Å²) in [4.78, 5) is 14.5. The maximum absolute atomic E-state index is 13.1. The maximum atomic E-state index is 13.1. The molecular formula is C19H20N4O3S2. The summed E-state index contributed by atoms with van der Waals surface area (Å²) in [7, 11) is -3.67. The van der Waals surface area contributed by atoms with Crippen LogP contribution in [0.15, 0.2) is 47.4 Å². The predicted molar refractivity (Wildman–Crippen MR) is 108 cm³/mol. The van der Waals surface area contributed by atoms with Gasteiger partial charge in [0.25, 0.3) is 0 Å². The van der Waals surface area contributed by atoms with Gasteiger partial charge in [-0.3, -0.25) is 4.79 Å². The van der Waals surface area contributed by atoms with Gasteiger partial charge in [-0.05, 0) is 30.2 Å². The molecule has 1 saturated heterocycles. The number of carbonyl (C=O) groups is 1. The van der Waals surface area contributed by atoms with Crippen molar-refractivity contribution in [3.63, 3.8) is 0 Å². The van der Waals surface area contributed by atoms with E-state index >= 15 is 0 Å². The summed E-state index contributed by atoms with van der Waals surface area (Å²) in [5, 5.41) is 0. The summed E-state index contributed by atoms with van der Waals surface area (Å²) in [6, 6.07) is 12.8. The second kappa shape index (κ2) is 7.57. The monoisotopic (exact) mass is 416 g/mol. The number of benzene rings is 2. The molecule has 1 aliphatic rings. The molecule has 9 heteroatoms. The molecule has 1 amide bonds. The summed E-state index contributed by atoms with van der Waals surface area (Å²) in [6.07, 6.45) is 0.337.